The molecule has 1 rings (SSSR count). The van der Waals surface area contributed by atoms with Crippen LogP contribution in [-0.2, 0) is 10.7 Å². The molecular formula is C13H20O3P+. The second-order valence-electron chi connectivity index (χ2n) is 4.39. The molecule has 0 radical (unpaired) electrons. The van der Waals surface area contributed by atoms with E-state index >= 15 is 0 Å². The summed E-state index contributed by atoms with van der Waals surface area (Å²) in [5, 5.41) is 0. The van der Waals surface area contributed by atoms with Crippen LogP contribution >= 0.6 is 7.80 Å². The van der Waals surface area contributed by atoms with Crippen LogP contribution in [-0.4, -0.2) is 20.4 Å². The van der Waals surface area contributed by atoms with Crippen molar-refractivity contribution in [1.29, 1.82) is 0 Å². The third-order valence-corrected chi connectivity index (χ3v) is 4.24. The van der Waals surface area contributed by atoms with Gasteiger partial charge in [-0.1, -0.05) is 18.4 Å². The topological polar surface area (TPSA) is 35.5 Å². The molecule has 0 bridgehead atoms. The minimum atomic E-state index is -1.20. The van der Waals surface area contributed by atoms with Gasteiger partial charge in [-0.3, -0.25) is 0 Å². The minimum absolute atomic E-state index is 0.461. The minimum Gasteiger partial charge on any atom is -0.497 e. The largest absolute Gasteiger partial charge is 0.497 e. The van der Waals surface area contributed by atoms with Crippen LogP contribution in [0.3, 0.4) is 0 Å². The lowest BCUT2D eigenvalue weighted by atomic mass is 10.2. The molecule has 0 N–H and O–H groups in total. The first kappa shape index (κ1) is 14.0. The molecule has 1 aromatic carbocycles. The Morgan fingerprint density at radius 1 is 1.24 bits per heavy atom. The molecule has 17 heavy (non-hydrogen) atoms. The number of ether oxygens (including phenoxy) is 2. The fourth-order valence-electron chi connectivity index (χ4n) is 1.64. The van der Waals surface area contributed by atoms with Crippen molar-refractivity contribution in [3.05, 3.63) is 23.8 Å². The Bertz CT molecular complexity index is 388. The van der Waals surface area contributed by atoms with Gasteiger partial charge in [-0.25, -0.2) is 0 Å². The standard InChI is InChI=1S/C13H20O3P/c1-10(2)8-17(14)9-11-5-6-12(15-3)7-13(11)16-4/h5-7,10H,8-9H2,1-4H3/q+1. The Hall–Kier alpha value is -1.08. The maximum Gasteiger partial charge on any atom is 0.343 e. The summed E-state index contributed by atoms with van der Waals surface area (Å²) in [6, 6.07) is 5.62. The molecule has 1 atom stereocenters. The van der Waals surface area contributed by atoms with Gasteiger partial charge in [0.2, 0.25) is 0 Å². The zero-order chi connectivity index (χ0) is 12.8. The second-order valence-corrected chi connectivity index (χ2v) is 6.04. The lowest BCUT2D eigenvalue weighted by Gasteiger charge is -2.07. The third-order valence-electron chi connectivity index (χ3n) is 2.41. The SMILES string of the molecule is COc1ccc(C[P+](=O)CC(C)C)c(OC)c1. The van der Waals surface area contributed by atoms with Crippen molar-refractivity contribution < 1.29 is 14.0 Å². The molecule has 94 valence electrons. The molecular weight excluding hydrogens is 235 g/mol. The average Bonchev–Trinajstić information content (AvgIpc) is 2.28. The van der Waals surface area contributed by atoms with Gasteiger partial charge in [0.1, 0.15) is 17.7 Å². The van der Waals surface area contributed by atoms with E-state index in [2.05, 4.69) is 13.8 Å². The van der Waals surface area contributed by atoms with Crippen molar-refractivity contribution in [1.82, 2.24) is 0 Å². The van der Waals surface area contributed by atoms with Gasteiger partial charge in [0.25, 0.3) is 0 Å². The lowest BCUT2D eigenvalue weighted by Crippen LogP contribution is -1.95. The van der Waals surface area contributed by atoms with E-state index in [1.54, 1.807) is 14.2 Å². The van der Waals surface area contributed by atoms with E-state index in [1.165, 1.54) is 0 Å². The van der Waals surface area contributed by atoms with E-state index in [4.69, 9.17) is 9.47 Å². The summed E-state index contributed by atoms with van der Waals surface area (Å²) in [4.78, 5) is 0. The zero-order valence-electron chi connectivity index (χ0n) is 10.9. The first-order chi connectivity index (χ1) is 8.06. The molecule has 0 amide bonds. The summed E-state index contributed by atoms with van der Waals surface area (Å²) in [6.07, 6.45) is 1.32. The normalized spacial score (nSPS) is 11.5. The van der Waals surface area contributed by atoms with Crippen molar-refractivity contribution in [2.45, 2.75) is 20.0 Å². The quantitative estimate of drug-likeness (QED) is 0.727. The summed E-state index contributed by atoms with van der Waals surface area (Å²) in [5.41, 5.74) is 0.982. The lowest BCUT2D eigenvalue weighted by molar-refractivity contribution is 0.392. The van der Waals surface area contributed by atoms with E-state index in [9.17, 15) is 4.57 Å². The molecule has 0 saturated carbocycles. The number of rotatable bonds is 6. The Kier molecular flexibility index (Phi) is 5.43. The Morgan fingerprint density at radius 2 is 1.94 bits per heavy atom. The van der Waals surface area contributed by atoms with Crippen molar-refractivity contribution in [3.63, 3.8) is 0 Å². The van der Waals surface area contributed by atoms with Crippen molar-refractivity contribution in [2.24, 2.45) is 5.92 Å². The first-order valence-corrected chi connectivity index (χ1v) is 7.32. The van der Waals surface area contributed by atoms with Gasteiger partial charge in [-0.15, -0.1) is 0 Å². The molecule has 0 aromatic heterocycles. The monoisotopic (exact) mass is 255 g/mol. The van der Waals surface area contributed by atoms with E-state index in [0.29, 0.717) is 12.1 Å². The smallest absolute Gasteiger partial charge is 0.343 e. The second kappa shape index (κ2) is 6.61. The number of benzene rings is 1. The van der Waals surface area contributed by atoms with Crippen LogP contribution in [0.5, 0.6) is 11.5 Å². The van der Waals surface area contributed by atoms with Gasteiger partial charge in [-0.05, 0) is 18.1 Å². The average molecular weight is 255 g/mol. The highest BCUT2D eigenvalue weighted by Crippen LogP contribution is 2.34. The molecule has 1 aromatic rings. The number of methoxy groups -OCH3 is 2. The van der Waals surface area contributed by atoms with E-state index in [0.717, 1.165) is 23.2 Å². The maximum absolute atomic E-state index is 11.9. The summed E-state index contributed by atoms with van der Waals surface area (Å²) >= 11 is 0. The van der Waals surface area contributed by atoms with Crippen molar-refractivity contribution >= 4 is 7.80 Å². The summed E-state index contributed by atoms with van der Waals surface area (Å²) in [7, 11) is 2.03. The highest BCUT2D eigenvalue weighted by Gasteiger charge is 2.20. The molecule has 0 aliphatic rings. The molecule has 3 nitrogen and oxygen atoms in total. The van der Waals surface area contributed by atoms with E-state index in [-0.39, 0.29) is 0 Å². The van der Waals surface area contributed by atoms with Gasteiger partial charge in [0, 0.05) is 11.6 Å². The highest BCUT2D eigenvalue weighted by atomic mass is 31.1. The highest BCUT2D eigenvalue weighted by molar-refractivity contribution is 7.43. The van der Waals surface area contributed by atoms with Crippen LogP contribution in [0.1, 0.15) is 19.4 Å². The van der Waals surface area contributed by atoms with E-state index in [1.807, 2.05) is 18.2 Å². The van der Waals surface area contributed by atoms with Crippen LogP contribution in [0.2, 0.25) is 0 Å². The van der Waals surface area contributed by atoms with Crippen LogP contribution < -0.4 is 9.47 Å². The predicted octanol–water partition coefficient (Wildman–Crippen LogP) is 3.69. The Labute approximate surface area is 104 Å². The first-order valence-electron chi connectivity index (χ1n) is 5.69. The van der Waals surface area contributed by atoms with Crippen LogP contribution in [0.4, 0.5) is 0 Å². The van der Waals surface area contributed by atoms with Crippen molar-refractivity contribution in [3.8, 4) is 11.5 Å². The van der Waals surface area contributed by atoms with Gasteiger partial charge >= 0.3 is 7.80 Å². The molecule has 0 aliphatic heterocycles. The Balaban J connectivity index is 2.80. The summed E-state index contributed by atoms with van der Waals surface area (Å²) in [5.74, 6) is 1.96. The van der Waals surface area contributed by atoms with Crippen LogP contribution in [0, 0.1) is 5.92 Å². The van der Waals surface area contributed by atoms with Crippen LogP contribution in [0.15, 0.2) is 18.2 Å². The number of hydrogen-bond acceptors (Lipinski definition) is 3. The van der Waals surface area contributed by atoms with Gasteiger partial charge in [0.05, 0.1) is 14.2 Å². The summed E-state index contributed by atoms with van der Waals surface area (Å²) < 4.78 is 22.3. The van der Waals surface area contributed by atoms with Crippen LogP contribution in [0.25, 0.3) is 0 Å². The van der Waals surface area contributed by atoms with Crippen molar-refractivity contribution in [2.75, 3.05) is 20.4 Å². The molecule has 1 unspecified atom stereocenters. The van der Waals surface area contributed by atoms with Gasteiger partial charge in [-0.2, -0.15) is 0 Å². The van der Waals surface area contributed by atoms with Gasteiger partial charge < -0.3 is 9.47 Å². The molecule has 4 heteroatoms. The molecule has 0 saturated heterocycles. The third kappa shape index (κ3) is 4.35. The molecule has 0 spiro atoms. The number of hydrogen-bond donors (Lipinski definition) is 0. The molecule has 0 heterocycles. The predicted molar refractivity (Wildman–Crippen MR) is 70.6 cm³/mol. The fraction of sp³-hybridized carbons (Fsp3) is 0.538. The van der Waals surface area contributed by atoms with E-state index < -0.39 is 7.80 Å². The zero-order valence-corrected chi connectivity index (χ0v) is 11.8. The maximum atomic E-state index is 11.9. The van der Waals surface area contributed by atoms with Gasteiger partial charge in [0.15, 0.2) is 6.16 Å². The molecule has 0 fully saturated rings. The fourth-order valence-corrected chi connectivity index (χ4v) is 3.23. The summed E-state index contributed by atoms with van der Waals surface area (Å²) in [6.45, 7) is 4.16. The Morgan fingerprint density at radius 3 is 2.47 bits per heavy atom. The molecule has 0 aliphatic carbocycles.